The molecule has 3 rings (SSSR count). The summed E-state index contributed by atoms with van der Waals surface area (Å²) in [6, 6.07) is 9.10. The van der Waals surface area contributed by atoms with Crippen LogP contribution in [0.5, 0.6) is 5.75 Å². The number of benzene rings is 2. The van der Waals surface area contributed by atoms with Crippen LogP contribution in [-0.2, 0) is 21.0 Å². The summed E-state index contributed by atoms with van der Waals surface area (Å²) in [6.07, 6.45) is -3.18. The third kappa shape index (κ3) is 6.05. The van der Waals surface area contributed by atoms with E-state index in [9.17, 15) is 26.4 Å². The zero-order valence-electron chi connectivity index (χ0n) is 18.5. The Morgan fingerprint density at radius 3 is 2.45 bits per heavy atom. The van der Waals surface area contributed by atoms with E-state index in [0.29, 0.717) is 18.4 Å². The molecule has 0 bridgehead atoms. The minimum atomic E-state index is -4.63. The fraction of sp³-hybridized carbons (Fsp3) is 0.435. The number of halogens is 3. The van der Waals surface area contributed by atoms with Gasteiger partial charge in [0.15, 0.2) is 0 Å². The highest BCUT2D eigenvalue weighted by atomic mass is 32.2. The first-order valence-corrected chi connectivity index (χ1v) is 12.2. The van der Waals surface area contributed by atoms with Gasteiger partial charge in [0.25, 0.3) is 0 Å². The molecule has 180 valence electrons. The summed E-state index contributed by atoms with van der Waals surface area (Å²) in [6.45, 7) is 4.59. The van der Waals surface area contributed by atoms with Crippen LogP contribution in [-0.4, -0.2) is 38.3 Å². The van der Waals surface area contributed by atoms with Crippen LogP contribution in [0.1, 0.15) is 37.3 Å². The summed E-state index contributed by atoms with van der Waals surface area (Å²) in [5, 5.41) is 2.89. The molecule has 2 aromatic rings. The van der Waals surface area contributed by atoms with Gasteiger partial charge in [-0.15, -0.1) is 0 Å². The van der Waals surface area contributed by atoms with Crippen LogP contribution in [0.4, 0.5) is 18.9 Å². The standard InChI is InChI=1S/C23H27F3N2O4S/c1-3-13-32-19-7-8-21(16(2)14-19)27-22(29)17-9-11-28(12-10-17)33(30,31)20-6-4-5-18(15-20)23(24,25)26/h4-8,14-15,17H,3,9-13H2,1-2H3,(H,27,29). The summed E-state index contributed by atoms with van der Waals surface area (Å²) in [5.74, 6) is 0.116. The van der Waals surface area contributed by atoms with Crippen LogP contribution < -0.4 is 10.1 Å². The normalized spacial score (nSPS) is 15.9. The number of sulfonamides is 1. The third-order valence-electron chi connectivity index (χ3n) is 5.55. The largest absolute Gasteiger partial charge is 0.494 e. The average Bonchev–Trinajstić information content (AvgIpc) is 2.79. The van der Waals surface area contributed by atoms with Crippen molar-refractivity contribution in [1.82, 2.24) is 4.31 Å². The molecule has 1 N–H and O–H groups in total. The van der Waals surface area contributed by atoms with Crippen molar-refractivity contribution in [2.45, 2.75) is 44.2 Å². The van der Waals surface area contributed by atoms with Crippen molar-refractivity contribution in [3.8, 4) is 5.75 Å². The van der Waals surface area contributed by atoms with E-state index in [1.807, 2.05) is 19.9 Å². The summed E-state index contributed by atoms with van der Waals surface area (Å²) < 4.78 is 71.3. The molecule has 10 heteroatoms. The second-order valence-electron chi connectivity index (χ2n) is 8.02. The van der Waals surface area contributed by atoms with Gasteiger partial charge < -0.3 is 10.1 Å². The molecule has 1 heterocycles. The molecule has 2 aromatic carbocycles. The molecule has 0 atom stereocenters. The Kier molecular flexibility index (Phi) is 7.69. The number of carbonyl (C=O) groups excluding carboxylic acids is 1. The Morgan fingerprint density at radius 2 is 1.85 bits per heavy atom. The Balaban J connectivity index is 1.62. The molecule has 0 radical (unpaired) electrons. The van der Waals surface area contributed by atoms with Crippen LogP contribution in [0.3, 0.4) is 0 Å². The molecule has 1 amide bonds. The van der Waals surface area contributed by atoms with Crippen LogP contribution in [0.2, 0.25) is 0 Å². The molecule has 33 heavy (non-hydrogen) atoms. The second kappa shape index (κ2) is 10.1. The van der Waals surface area contributed by atoms with Crippen molar-refractivity contribution in [2.75, 3.05) is 25.0 Å². The monoisotopic (exact) mass is 484 g/mol. The van der Waals surface area contributed by atoms with Crippen molar-refractivity contribution in [3.05, 3.63) is 53.6 Å². The summed E-state index contributed by atoms with van der Waals surface area (Å²) in [5.41, 5.74) is 0.490. The number of hydrogen-bond acceptors (Lipinski definition) is 4. The molecule has 1 aliphatic rings. The van der Waals surface area contributed by atoms with Gasteiger partial charge in [-0.2, -0.15) is 17.5 Å². The number of anilines is 1. The second-order valence-corrected chi connectivity index (χ2v) is 9.96. The number of aryl methyl sites for hydroxylation is 1. The lowest BCUT2D eigenvalue weighted by molar-refractivity contribution is -0.137. The summed E-state index contributed by atoms with van der Waals surface area (Å²) in [4.78, 5) is 12.3. The molecule has 0 spiro atoms. The van der Waals surface area contributed by atoms with E-state index < -0.39 is 32.6 Å². The zero-order valence-corrected chi connectivity index (χ0v) is 19.3. The molecule has 0 saturated carbocycles. The average molecular weight is 485 g/mol. The number of rotatable bonds is 7. The molecule has 1 aliphatic heterocycles. The van der Waals surface area contributed by atoms with Crippen LogP contribution in [0, 0.1) is 12.8 Å². The van der Waals surface area contributed by atoms with E-state index in [1.165, 1.54) is 0 Å². The van der Waals surface area contributed by atoms with E-state index in [2.05, 4.69) is 5.32 Å². The Hall–Kier alpha value is -2.59. The quantitative estimate of drug-likeness (QED) is 0.610. The maximum atomic E-state index is 13.0. The van der Waals surface area contributed by atoms with Gasteiger partial charge >= 0.3 is 6.18 Å². The van der Waals surface area contributed by atoms with Crippen molar-refractivity contribution in [3.63, 3.8) is 0 Å². The smallest absolute Gasteiger partial charge is 0.416 e. The van der Waals surface area contributed by atoms with Gasteiger partial charge in [0.05, 0.1) is 17.1 Å². The number of alkyl halides is 3. The van der Waals surface area contributed by atoms with Gasteiger partial charge in [-0.05, 0) is 68.1 Å². The molecule has 1 saturated heterocycles. The highest BCUT2D eigenvalue weighted by Crippen LogP contribution is 2.32. The third-order valence-corrected chi connectivity index (χ3v) is 7.45. The highest BCUT2D eigenvalue weighted by Gasteiger charge is 2.35. The fourth-order valence-corrected chi connectivity index (χ4v) is 5.18. The molecule has 6 nitrogen and oxygen atoms in total. The van der Waals surface area contributed by atoms with Crippen molar-refractivity contribution < 1.29 is 31.1 Å². The molecule has 0 aromatic heterocycles. The van der Waals surface area contributed by atoms with E-state index in [4.69, 9.17) is 4.74 Å². The number of amides is 1. The first-order valence-electron chi connectivity index (χ1n) is 10.7. The number of carbonyl (C=O) groups is 1. The maximum Gasteiger partial charge on any atom is 0.416 e. The topological polar surface area (TPSA) is 75.7 Å². The van der Waals surface area contributed by atoms with Gasteiger partial charge in [-0.1, -0.05) is 13.0 Å². The van der Waals surface area contributed by atoms with Crippen LogP contribution in [0.15, 0.2) is 47.4 Å². The number of nitrogens with one attached hydrogen (secondary N) is 1. The molecule has 0 aliphatic carbocycles. The van der Waals surface area contributed by atoms with Crippen molar-refractivity contribution in [2.24, 2.45) is 5.92 Å². The fourth-order valence-electron chi connectivity index (χ4n) is 3.66. The minimum absolute atomic E-state index is 0.0550. The van der Waals surface area contributed by atoms with E-state index >= 15 is 0 Å². The first-order chi connectivity index (χ1) is 15.5. The maximum absolute atomic E-state index is 13.0. The first kappa shape index (κ1) is 25.0. The van der Waals surface area contributed by atoms with E-state index in [0.717, 1.165) is 40.2 Å². The summed E-state index contributed by atoms with van der Waals surface area (Å²) in [7, 11) is -4.08. The molecule has 1 fully saturated rings. The predicted molar refractivity (Wildman–Crippen MR) is 119 cm³/mol. The zero-order chi connectivity index (χ0) is 24.2. The van der Waals surface area contributed by atoms with Gasteiger partial charge in [-0.3, -0.25) is 4.79 Å². The van der Waals surface area contributed by atoms with Gasteiger partial charge in [0, 0.05) is 24.7 Å². The number of hydrogen-bond donors (Lipinski definition) is 1. The lowest BCUT2D eigenvalue weighted by Crippen LogP contribution is -2.41. The SMILES string of the molecule is CCCOc1ccc(NC(=O)C2CCN(S(=O)(=O)c3cccc(C(F)(F)F)c3)CC2)c(C)c1. The van der Waals surface area contributed by atoms with Crippen LogP contribution in [0.25, 0.3) is 0 Å². The highest BCUT2D eigenvalue weighted by molar-refractivity contribution is 7.89. The number of nitrogens with zero attached hydrogens (tertiary/aromatic N) is 1. The lowest BCUT2D eigenvalue weighted by Gasteiger charge is -2.30. The molecule has 0 unspecified atom stereocenters. The van der Waals surface area contributed by atoms with E-state index in [-0.39, 0.29) is 31.8 Å². The summed E-state index contributed by atoms with van der Waals surface area (Å²) >= 11 is 0. The van der Waals surface area contributed by atoms with Gasteiger partial charge in [-0.25, -0.2) is 8.42 Å². The van der Waals surface area contributed by atoms with Gasteiger partial charge in [0.1, 0.15) is 5.75 Å². The van der Waals surface area contributed by atoms with Crippen molar-refractivity contribution >= 4 is 21.6 Å². The Bertz CT molecular complexity index is 1100. The molecular weight excluding hydrogens is 457 g/mol. The van der Waals surface area contributed by atoms with E-state index in [1.54, 1.807) is 12.1 Å². The lowest BCUT2D eigenvalue weighted by atomic mass is 9.97. The molecular formula is C23H27F3N2O4S. The minimum Gasteiger partial charge on any atom is -0.494 e. The number of ether oxygens (including phenoxy) is 1. The Labute approximate surface area is 191 Å². The predicted octanol–water partition coefficient (Wildman–Crippen LogP) is 4.84. The van der Waals surface area contributed by atoms with Crippen molar-refractivity contribution in [1.29, 1.82) is 0 Å². The Morgan fingerprint density at radius 1 is 1.15 bits per heavy atom. The van der Waals surface area contributed by atoms with Gasteiger partial charge in [0.2, 0.25) is 15.9 Å². The van der Waals surface area contributed by atoms with Crippen LogP contribution >= 0.6 is 0 Å². The number of piperidine rings is 1.